The molecule has 0 radical (unpaired) electrons. The second-order valence-electron chi connectivity index (χ2n) is 9.74. The largest absolute Gasteiger partial charge is 0.445 e. The van der Waals surface area contributed by atoms with E-state index >= 15 is 0 Å². The van der Waals surface area contributed by atoms with Crippen LogP contribution >= 0.6 is 0 Å². The summed E-state index contributed by atoms with van der Waals surface area (Å²) in [5.74, 6) is -0.807. The molecule has 3 amide bonds. The minimum absolute atomic E-state index is 0.0449. The molecule has 2 aliphatic carbocycles. The number of carbonyl (C=O) groups excluding carboxylic acids is 3. The van der Waals surface area contributed by atoms with Crippen LogP contribution in [0.2, 0.25) is 0 Å². The SMILES string of the molecule is C=C1CCC2C1CN(C(=O)OCc1ccccc1)C2C(=O)NC(CCC)C(O)C(=O)NC1CC1. The van der Waals surface area contributed by atoms with Gasteiger partial charge in [-0.3, -0.25) is 14.5 Å². The van der Waals surface area contributed by atoms with Crippen LogP contribution in [0.4, 0.5) is 4.79 Å². The van der Waals surface area contributed by atoms with E-state index in [0.717, 1.165) is 36.8 Å². The van der Waals surface area contributed by atoms with Gasteiger partial charge < -0.3 is 20.5 Å². The van der Waals surface area contributed by atoms with Crippen LogP contribution in [-0.4, -0.2) is 58.7 Å². The maximum Gasteiger partial charge on any atom is 0.410 e. The van der Waals surface area contributed by atoms with E-state index in [-0.39, 0.29) is 30.4 Å². The van der Waals surface area contributed by atoms with E-state index in [4.69, 9.17) is 4.74 Å². The first kappa shape index (κ1) is 24.3. The number of benzene rings is 1. The van der Waals surface area contributed by atoms with Crippen LogP contribution in [0.1, 0.15) is 51.0 Å². The highest BCUT2D eigenvalue weighted by Gasteiger charge is 2.51. The Balaban J connectivity index is 1.45. The maximum absolute atomic E-state index is 13.5. The highest BCUT2D eigenvalue weighted by Crippen LogP contribution is 2.45. The van der Waals surface area contributed by atoms with E-state index in [1.54, 1.807) is 0 Å². The van der Waals surface area contributed by atoms with Gasteiger partial charge in [0.05, 0.1) is 6.04 Å². The fourth-order valence-electron chi connectivity index (χ4n) is 5.15. The summed E-state index contributed by atoms with van der Waals surface area (Å²) in [5.41, 5.74) is 1.92. The fourth-order valence-corrected chi connectivity index (χ4v) is 5.15. The van der Waals surface area contributed by atoms with Gasteiger partial charge in [0.1, 0.15) is 12.6 Å². The third kappa shape index (κ3) is 5.43. The van der Waals surface area contributed by atoms with Gasteiger partial charge in [-0.25, -0.2) is 4.79 Å². The van der Waals surface area contributed by atoms with E-state index in [1.807, 2.05) is 37.3 Å². The minimum Gasteiger partial charge on any atom is -0.445 e. The molecule has 1 heterocycles. The van der Waals surface area contributed by atoms with Crippen LogP contribution in [0, 0.1) is 11.8 Å². The lowest BCUT2D eigenvalue weighted by Gasteiger charge is -2.30. The minimum atomic E-state index is -1.33. The molecular formula is C26H35N3O5. The monoisotopic (exact) mass is 469 g/mol. The zero-order chi connectivity index (χ0) is 24.2. The van der Waals surface area contributed by atoms with E-state index < -0.39 is 30.2 Å². The first-order valence-electron chi connectivity index (χ1n) is 12.3. The molecule has 8 heteroatoms. The van der Waals surface area contributed by atoms with Crippen LogP contribution < -0.4 is 10.6 Å². The average molecular weight is 470 g/mol. The third-order valence-electron chi connectivity index (χ3n) is 7.18. The molecule has 1 saturated heterocycles. The van der Waals surface area contributed by atoms with Crippen molar-refractivity contribution < 1.29 is 24.2 Å². The van der Waals surface area contributed by atoms with Gasteiger partial charge in [-0.2, -0.15) is 0 Å². The number of nitrogens with zero attached hydrogens (tertiary/aromatic N) is 1. The number of hydrogen-bond acceptors (Lipinski definition) is 5. The Kier molecular flexibility index (Phi) is 7.56. The summed E-state index contributed by atoms with van der Waals surface area (Å²) in [6, 6.07) is 8.08. The van der Waals surface area contributed by atoms with Crippen molar-refractivity contribution in [1.29, 1.82) is 0 Å². The number of aliphatic hydroxyl groups is 1. The molecule has 1 aromatic rings. The predicted octanol–water partition coefficient (Wildman–Crippen LogP) is 2.51. The lowest BCUT2D eigenvalue weighted by Crippen LogP contribution is -2.56. The van der Waals surface area contributed by atoms with Crippen LogP contribution in [-0.2, 0) is 20.9 Å². The van der Waals surface area contributed by atoms with Gasteiger partial charge in [0.25, 0.3) is 5.91 Å². The number of nitrogens with one attached hydrogen (secondary N) is 2. The van der Waals surface area contributed by atoms with Crippen molar-refractivity contribution in [3.63, 3.8) is 0 Å². The van der Waals surface area contributed by atoms with Crippen molar-refractivity contribution in [2.24, 2.45) is 11.8 Å². The van der Waals surface area contributed by atoms with Gasteiger partial charge in [0.15, 0.2) is 6.10 Å². The van der Waals surface area contributed by atoms with Crippen molar-refractivity contribution in [2.75, 3.05) is 6.54 Å². The van der Waals surface area contributed by atoms with Crippen LogP contribution in [0.25, 0.3) is 0 Å². The first-order valence-corrected chi connectivity index (χ1v) is 12.3. The van der Waals surface area contributed by atoms with E-state index in [9.17, 15) is 19.5 Å². The summed E-state index contributed by atoms with van der Waals surface area (Å²) in [4.78, 5) is 40.5. The standard InChI is InChI=1S/C26H35N3O5/c1-3-7-21(23(30)25(32)27-18-11-12-18)28-24(31)22-19-13-10-16(2)20(19)14-29(22)26(33)34-15-17-8-5-4-6-9-17/h4-6,8-9,18-23,30H,2-3,7,10-15H2,1H3,(H,27,32)(H,28,31). The van der Waals surface area contributed by atoms with Crippen LogP contribution in [0.15, 0.2) is 42.5 Å². The molecule has 0 aromatic heterocycles. The van der Waals surface area contributed by atoms with Crippen molar-refractivity contribution >= 4 is 17.9 Å². The molecule has 1 aliphatic heterocycles. The zero-order valence-corrected chi connectivity index (χ0v) is 19.7. The van der Waals surface area contributed by atoms with Crippen LogP contribution in [0.3, 0.4) is 0 Å². The smallest absolute Gasteiger partial charge is 0.410 e. The Hall–Kier alpha value is -2.87. The number of aliphatic hydroxyl groups excluding tert-OH is 1. The Bertz CT molecular complexity index is 916. The van der Waals surface area contributed by atoms with Crippen LogP contribution in [0.5, 0.6) is 0 Å². The quantitative estimate of drug-likeness (QED) is 0.482. The summed E-state index contributed by atoms with van der Waals surface area (Å²) in [5, 5.41) is 16.3. The summed E-state index contributed by atoms with van der Waals surface area (Å²) in [7, 11) is 0. The molecule has 0 spiro atoms. The number of fused-ring (bicyclic) bond motifs is 1. The van der Waals surface area contributed by atoms with Gasteiger partial charge in [0, 0.05) is 18.5 Å². The third-order valence-corrected chi connectivity index (χ3v) is 7.18. The summed E-state index contributed by atoms with van der Waals surface area (Å²) in [6.45, 7) is 6.60. The summed E-state index contributed by atoms with van der Waals surface area (Å²) in [6.07, 6.45) is 2.70. The van der Waals surface area contributed by atoms with Gasteiger partial charge in [-0.1, -0.05) is 55.8 Å². The summed E-state index contributed by atoms with van der Waals surface area (Å²) >= 11 is 0. The number of likely N-dealkylation sites (tertiary alicyclic amines) is 1. The van der Waals surface area contributed by atoms with Gasteiger partial charge in [-0.05, 0) is 43.6 Å². The summed E-state index contributed by atoms with van der Waals surface area (Å²) < 4.78 is 5.55. The molecule has 3 aliphatic rings. The van der Waals surface area contributed by atoms with E-state index in [0.29, 0.717) is 19.4 Å². The molecule has 184 valence electrons. The highest BCUT2D eigenvalue weighted by atomic mass is 16.6. The van der Waals surface area contributed by atoms with Gasteiger partial charge in [-0.15, -0.1) is 0 Å². The number of hydrogen-bond donors (Lipinski definition) is 3. The average Bonchev–Trinajstić information content (AvgIpc) is 3.45. The van der Waals surface area contributed by atoms with Crippen molar-refractivity contribution in [1.82, 2.24) is 15.5 Å². The molecule has 2 saturated carbocycles. The second-order valence-corrected chi connectivity index (χ2v) is 9.74. The molecule has 1 aromatic carbocycles. The maximum atomic E-state index is 13.5. The lowest BCUT2D eigenvalue weighted by molar-refractivity contribution is -0.133. The predicted molar refractivity (Wildman–Crippen MR) is 126 cm³/mol. The molecule has 4 rings (SSSR count). The number of ether oxygens (including phenoxy) is 1. The molecule has 3 fully saturated rings. The fraction of sp³-hybridized carbons (Fsp3) is 0.577. The van der Waals surface area contributed by atoms with Crippen molar-refractivity contribution in [3.05, 3.63) is 48.0 Å². The Labute approximate surface area is 200 Å². The molecule has 8 nitrogen and oxygen atoms in total. The normalized spacial score (nSPS) is 25.4. The molecule has 34 heavy (non-hydrogen) atoms. The Morgan fingerprint density at radius 1 is 1.21 bits per heavy atom. The topological polar surface area (TPSA) is 108 Å². The Morgan fingerprint density at radius 2 is 1.94 bits per heavy atom. The van der Waals surface area contributed by atoms with Gasteiger partial charge in [0.2, 0.25) is 5.91 Å². The second kappa shape index (κ2) is 10.6. The highest BCUT2D eigenvalue weighted by molar-refractivity contribution is 5.88. The molecular weight excluding hydrogens is 434 g/mol. The van der Waals surface area contributed by atoms with E-state index in [2.05, 4.69) is 17.2 Å². The van der Waals surface area contributed by atoms with Crippen molar-refractivity contribution in [3.8, 4) is 0 Å². The zero-order valence-electron chi connectivity index (χ0n) is 19.7. The lowest BCUT2D eigenvalue weighted by atomic mass is 9.91. The molecule has 3 N–H and O–H groups in total. The first-order chi connectivity index (χ1) is 16.4. The van der Waals surface area contributed by atoms with Crippen molar-refractivity contribution in [2.45, 2.75) is 76.3 Å². The number of carbonyl (C=O) groups is 3. The molecule has 5 atom stereocenters. The Morgan fingerprint density at radius 3 is 2.62 bits per heavy atom. The number of rotatable bonds is 9. The molecule has 0 bridgehead atoms. The molecule has 5 unspecified atom stereocenters. The van der Waals surface area contributed by atoms with E-state index in [1.165, 1.54) is 4.90 Å². The number of amides is 3. The van der Waals surface area contributed by atoms with Gasteiger partial charge >= 0.3 is 6.09 Å².